The SMILES string of the molecule is OCC1CC2(C(O)C3CC4CC(CO)C3C4)CC1CC2CO. The normalized spacial score (nSPS) is 54.3. The van der Waals surface area contributed by atoms with Crippen molar-refractivity contribution in [2.45, 2.75) is 44.6 Å². The van der Waals surface area contributed by atoms with E-state index < -0.39 is 0 Å². The Hall–Kier alpha value is -0.160. The molecule has 4 N–H and O–H groups in total. The second kappa shape index (κ2) is 5.44. The van der Waals surface area contributed by atoms with E-state index in [0.717, 1.165) is 32.1 Å². The summed E-state index contributed by atoms with van der Waals surface area (Å²) in [6.45, 7) is 0.631. The predicted octanol–water partition coefficient (Wildman–Crippen LogP) is 1.02. The Morgan fingerprint density at radius 1 is 0.864 bits per heavy atom. The van der Waals surface area contributed by atoms with Crippen LogP contribution in [0.15, 0.2) is 0 Å². The molecule has 4 fully saturated rings. The van der Waals surface area contributed by atoms with Crippen LogP contribution in [0, 0.1) is 46.8 Å². The summed E-state index contributed by atoms with van der Waals surface area (Å²) in [4.78, 5) is 0. The van der Waals surface area contributed by atoms with E-state index in [1.54, 1.807) is 0 Å². The van der Waals surface area contributed by atoms with Crippen molar-refractivity contribution in [2.24, 2.45) is 46.8 Å². The monoisotopic (exact) mass is 310 g/mol. The van der Waals surface area contributed by atoms with Gasteiger partial charge in [0.2, 0.25) is 0 Å². The summed E-state index contributed by atoms with van der Waals surface area (Å²) in [5.41, 5.74) is -0.179. The fraction of sp³-hybridized carbons (Fsp3) is 1.00. The maximum absolute atomic E-state index is 11.3. The van der Waals surface area contributed by atoms with Gasteiger partial charge in [0.25, 0.3) is 0 Å². The van der Waals surface area contributed by atoms with Gasteiger partial charge in [-0.2, -0.15) is 0 Å². The van der Waals surface area contributed by atoms with Gasteiger partial charge in [0.1, 0.15) is 0 Å². The molecule has 4 heteroatoms. The molecule has 126 valence electrons. The molecule has 0 amide bonds. The van der Waals surface area contributed by atoms with Gasteiger partial charge in [-0.1, -0.05) is 0 Å². The van der Waals surface area contributed by atoms with Crippen LogP contribution in [0.1, 0.15) is 38.5 Å². The number of hydrogen-bond donors (Lipinski definition) is 4. The van der Waals surface area contributed by atoms with Crippen molar-refractivity contribution in [3.8, 4) is 0 Å². The van der Waals surface area contributed by atoms with Crippen molar-refractivity contribution in [2.75, 3.05) is 19.8 Å². The average Bonchev–Trinajstić information content (AvgIpc) is 3.29. The second-order valence-electron chi connectivity index (χ2n) is 8.75. The van der Waals surface area contributed by atoms with Gasteiger partial charge in [-0.25, -0.2) is 0 Å². The molecular weight excluding hydrogens is 280 g/mol. The Morgan fingerprint density at radius 3 is 2.27 bits per heavy atom. The van der Waals surface area contributed by atoms with Crippen molar-refractivity contribution in [3.63, 3.8) is 0 Å². The minimum atomic E-state index is -0.365. The van der Waals surface area contributed by atoms with E-state index in [2.05, 4.69) is 0 Å². The van der Waals surface area contributed by atoms with Crippen LogP contribution >= 0.6 is 0 Å². The molecule has 22 heavy (non-hydrogen) atoms. The molecule has 0 radical (unpaired) electrons. The van der Waals surface area contributed by atoms with Gasteiger partial charge in [0.15, 0.2) is 0 Å². The van der Waals surface area contributed by atoms with Crippen LogP contribution in [0.4, 0.5) is 0 Å². The number of aliphatic hydroxyl groups excluding tert-OH is 4. The Kier molecular flexibility index (Phi) is 3.80. The average molecular weight is 310 g/mol. The lowest BCUT2D eigenvalue weighted by Gasteiger charge is -2.45. The Bertz CT molecular complexity index is 427. The molecule has 4 bridgehead atoms. The van der Waals surface area contributed by atoms with Crippen LogP contribution in [-0.4, -0.2) is 46.4 Å². The van der Waals surface area contributed by atoms with Crippen LogP contribution in [-0.2, 0) is 0 Å². The van der Waals surface area contributed by atoms with Gasteiger partial charge in [0, 0.05) is 25.2 Å². The van der Waals surface area contributed by atoms with E-state index in [0.29, 0.717) is 35.5 Å². The highest BCUT2D eigenvalue weighted by Crippen LogP contribution is 2.65. The molecule has 0 aromatic carbocycles. The van der Waals surface area contributed by atoms with Crippen LogP contribution in [0.3, 0.4) is 0 Å². The van der Waals surface area contributed by atoms with Crippen LogP contribution in [0.2, 0.25) is 0 Å². The zero-order valence-corrected chi connectivity index (χ0v) is 13.3. The molecule has 0 aromatic rings. The lowest BCUT2D eigenvalue weighted by atomic mass is 9.63. The molecular formula is C18H30O4. The summed E-state index contributed by atoms with van der Waals surface area (Å²) < 4.78 is 0. The number of rotatable bonds is 5. The second-order valence-corrected chi connectivity index (χ2v) is 8.75. The zero-order valence-electron chi connectivity index (χ0n) is 13.3. The first kappa shape index (κ1) is 15.4. The van der Waals surface area contributed by atoms with Crippen LogP contribution in [0.5, 0.6) is 0 Å². The van der Waals surface area contributed by atoms with Gasteiger partial charge in [-0.05, 0) is 80.0 Å². The van der Waals surface area contributed by atoms with E-state index in [1.807, 2.05) is 0 Å². The quantitative estimate of drug-likeness (QED) is 0.611. The first-order valence-electron chi connectivity index (χ1n) is 9.13. The van der Waals surface area contributed by atoms with E-state index in [4.69, 9.17) is 0 Å². The van der Waals surface area contributed by atoms with Crippen LogP contribution < -0.4 is 0 Å². The maximum atomic E-state index is 11.3. The predicted molar refractivity (Wildman–Crippen MR) is 81.8 cm³/mol. The summed E-state index contributed by atoms with van der Waals surface area (Å²) in [7, 11) is 0. The molecule has 4 aliphatic carbocycles. The highest BCUT2D eigenvalue weighted by molar-refractivity contribution is 5.11. The Morgan fingerprint density at radius 2 is 1.64 bits per heavy atom. The largest absolute Gasteiger partial charge is 0.396 e. The summed E-state index contributed by atoms with van der Waals surface area (Å²) in [6.07, 6.45) is 5.83. The van der Waals surface area contributed by atoms with Gasteiger partial charge in [-0.3, -0.25) is 0 Å². The van der Waals surface area contributed by atoms with Gasteiger partial charge in [0.05, 0.1) is 6.10 Å². The minimum absolute atomic E-state index is 0.163. The Balaban J connectivity index is 1.57. The molecule has 9 atom stereocenters. The first-order valence-corrected chi connectivity index (χ1v) is 9.13. The third kappa shape index (κ3) is 1.97. The maximum Gasteiger partial charge on any atom is 0.0631 e. The molecule has 4 nitrogen and oxygen atoms in total. The molecule has 4 aliphatic rings. The zero-order chi connectivity index (χ0) is 15.5. The third-order valence-corrected chi connectivity index (χ3v) is 8.04. The summed E-state index contributed by atoms with van der Waals surface area (Å²) in [5, 5.41) is 40.3. The molecule has 4 rings (SSSR count). The highest BCUT2D eigenvalue weighted by atomic mass is 16.3. The smallest absolute Gasteiger partial charge is 0.0631 e. The van der Waals surface area contributed by atoms with E-state index in [9.17, 15) is 20.4 Å². The summed E-state index contributed by atoms with van der Waals surface area (Å²) >= 11 is 0. The number of hydrogen-bond acceptors (Lipinski definition) is 4. The molecule has 9 unspecified atom stereocenters. The minimum Gasteiger partial charge on any atom is -0.396 e. The molecule has 0 aliphatic heterocycles. The lowest BCUT2D eigenvalue weighted by Crippen LogP contribution is -2.47. The molecule has 0 saturated heterocycles. The number of aliphatic hydroxyl groups is 4. The summed E-state index contributed by atoms with van der Waals surface area (Å²) in [6, 6.07) is 0. The van der Waals surface area contributed by atoms with Crippen molar-refractivity contribution in [1.29, 1.82) is 0 Å². The Labute approximate surface area is 132 Å². The first-order chi connectivity index (χ1) is 10.6. The van der Waals surface area contributed by atoms with Crippen LogP contribution in [0.25, 0.3) is 0 Å². The van der Waals surface area contributed by atoms with E-state index >= 15 is 0 Å². The molecule has 4 saturated carbocycles. The topological polar surface area (TPSA) is 80.9 Å². The fourth-order valence-electron chi connectivity index (χ4n) is 7.11. The molecule has 0 heterocycles. The van der Waals surface area contributed by atoms with Crippen molar-refractivity contribution >= 4 is 0 Å². The van der Waals surface area contributed by atoms with Crippen molar-refractivity contribution in [3.05, 3.63) is 0 Å². The van der Waals surface area contributed by atoms with Gasteiger partial charge >= 0.3 is 0 Å². The van der Waals surface area contributed by atoms with Crippen molar-refractivity contribution < 1.29 is 20.4 Å². The van der Waals surface area contributed by atoms with Gasteiger partial charge in [-0.15, -0.1) is 0 Å². The molecule has 0 spiro atoms. The molecule has 0 aromatic heterocycles. The van der Waals surface area contributed by atoms with Crippen molar-refractivity contribution in [1.82, 2.24) is 0 Å². The standard InChI is InChI=1S/C18H30O4/c19-7-12-1-10-2-15(12)16(3-10)17(22)18-5-11(4-14(18)9-21)13(6-18)8-20/h10-17,19-22H,1-9H2. The van der Waals surface area contributed by atoms with Gasteiger partial charge < -0.3 is 20.4 Å². The highest BCUT2D eigenvalue weighted by Gasteiger charge is 2.62. The number of fused-ring (bicyclic) bond motifs is 4. The fourth-order valence-corrected chi connectivity index (χ4v) is 7.11. The third-order valence-electron chi connectivity index (χ3n) is 8.04. The van der Waals surface area contributed by atoms with E-state index in [1.165, 1.54) is 6.42 Å². The lowest BCUT2D eigenvalue weighted by molar-refractivity contribution is -0.0853. The van der Waals surface area contributed by atoms with E-state index in [-0.39, 0.29) is 37.3 Å². The summed E-state index contributed by atoms with van der Waals surface area (Å²) in [5.74, 6) is 2.79.